The quantitative estimate of drug-likeness (QED) is 0.767. The molecule has 1 aliphatic heterocycles. The average Bonchev–Trinajstić information content (AvgIpc) is 2.90. The number of ether oxygens (including phenoxy) is 2. The molecule has 0 saturated carbocycles. The zero-order valence-corrected chi connectivity index (χ0v) is 14.7. The Hall–Kier alpha value is -2.75. The highest BCUT2D eigenvalue weighted by Crippen LogP contribution is 2.36. The van der Waals surface area contributed by atoms with Crippen LogP contribution in [0.1, 0.15) is 30.4 Å². The Labute approximate surface area is 148 Å². The van der Waals surface area contributed by atoms with Crippen molar-refractivity contribution in [3.05, 3.63) is 59.7 Å². The van der Waals surface area contributed by atoms with E-state index in [-0.39, 0.29) is 0 Å². The van der Waals surface area contributed by atoms with Crippen LogP contribution in [0, 0.1) is 0 Å². The molecule has 25 heavy (non-hydrogen) atoms. The third kappa shape index (κ3) is 3.68. The monoisotopic (exact) mass is 337 g/mol. The number of allylic oxidation sites excluding steroid dienone is 1. The molecule has 0 N–H and O–H groups in total. The van der Waals surface area contributed by atoms with Crippen LogP contribution in [-0.2, 0) is 4.79 Å². The fourth-order valence-corrected chi connectivity index (χ4v) is 3.26. The van der Waals surface area contributed by atoms with E-state index in [0.717, 1.165) is 60.5 Å². The van der Waals surface area contributed by atoms with Crippen LogP contribution in [0.15, 0.2) is 48.5 Å². The minimum absolute atomic E-state index is 0.741. The summed E-state index contributed by atoms with van der Waals surface area (Å²) in [5.74, 6) is 1.64. The molecule has 1 heterocycles. The standard InChI is InChI=1S/C21H23NO3/c1-24-18-10-6-16(7-11-18)20-5-3-4-14-22(15-23)21(20)17-8-12-19(25-2)13-9-17/h6-13,15H,3-5,14H2,1-2H3. The zero-order valence-electron chi connectivity index (χ0n) is 14.7. The summed E-state index contributed by atoms with van der Waals surface area (Å²) in [7, 11) is 3.32. The molecule has 3 rings (SSSR count). The van der Waals surface area contributed by atoms with Crippen LogP contribution in [0.4, 0.5) is 0 Å². The number of methoxy groups -OCH3 is 2. The summed E-state index contributed by atoms with van der Waals surface area (Å²) in [4.78, 5) is 13.6. The van der Waals surface area contributed by atoms with Crippen molar-refractivity contribution in [3.8, 4) is 11.5 Å². The molecule has 0 aromatic heterocycles. The highest BCUT2D eigenvalue weighted by molar-refractivity contribution is 5.93. The highest BCUT2D eigenvalue weighted by Gasteiger charge is 2.21. The summed E-state index contributed by atoms with van der Waals surface area (Å²) in [6, 6.07) is 15.9. The van der Waals surface area contributed by atoms with Gasteiger partial charge in [-0.25, -0.2) is 0 Å². The highest BCUT2D eigenvalue weighted by atomic mass is 16.5. The summed E-state index contributed by atoms with van der Waals surface area (Å²) in [6.07, 6.45) is 3.94. The van der Waals surface area contributed by atoms with Gasteiger partial charge in [0.05, 0.1) is 19.9 Å². The van der Waals surface area contributed by atoms with Crippen LogP contribution >= 0.6 is 0 Å². The molecule has 0 bridgehead atoms. The predicted octanol–water partition coefficient (Wildman–Crippen LogP) is 4.21. The van der Waals surface area contributed by atoms with Gasteiger partial charge in [-0.1, -0.05) is 12.1 Å². The molecule has 0 saturated heterocycles. The first-order chi connectivity index (χ1) is 12.3. The van der Waals surface area contributed by atoms with E-state index in [4.69, 9.17) is 9.47 Å². The molecule has 4 nitrogen and oxygen atoms in total. The summed E-state index contributed by atoms with van der Waals surface area (Å²) >= 11 is 0. The molecule has 0 unspecified atom stereocenters. The van der Waals surface area contributed by atoms with Crippen molar-refractivity contribution >= 4 is 17.7 Å². The molecule has 2 aromatic carbocycles. The first-order valence-corrected chi connectivity index (χ1v) is 8.50. The van der Waals surface area contributed by atoms with E-state index in [1.54, 1.807) is 14.2 Å². The number of carbonyl (C=O) groups excluding carboxylic acids is 1. The van der Waals surface area contributed by atoms with Crippen LogP contribution in [0.5, 0.6) is 11.5 Å². The predicted molar refractivity (Wildman–Crippen MR) is 99.4 cm³/mol. The van der Waals surface area contributed by atoms with Gasteiger partial charge in [0.2, 0.25) is 6.41 Å². The van der Waals surface area contributed by atoms with Gasteiger partial charge in [0.15, 0.2) is 0 Å². The summed E-state index contributed by atoms with van der Waals surface area (Å²) in [6.45, 7) is 0.741. The third-order valence-corrected chi connectivity index (χ3v) is 4.58. The minimum atomic E-state index is 0.741. The molecule has 0 spiro atoms. The number of benzene rings is 2. The van der Waals surface area contributed by atoms with Crippen LogP contribution in [0.25, 0.3) is 11.3 Å². The van der Waals surface area contributed by atoms with Crippen LogP contribution in [0.3, 0.4) is 0 Å². The number of hydrogen-bond acceptors (Lipinski definition) is 3. The van der Waals surface area contributed by atoms with E-state index in [0.29, 0.717) is 0 Å². The van der Waals surface area contributed by atoms with Crippen LogP contribution < -0.4 is 9.47 Å². The van der Waals surface area contributed by atoms with Gasteiger partial charge >= 0.3 is 0 Å². The maximum atomic E-state index is 11.7. The zero-order chi connectivity index (χ0) is 17.6. The summed E-state index contributed by atoms with van der Waals surface area (Å²) in [5, 5.41) is 0. The second kappa shape index (κ2) is 7.88. The molecule has 130 valence electrons. The smallest absolute Gasteiger partial charge is 0.214 e. The van der Waals surface area contributed by atoms with E-state index >= 15 is 0 Å². The van der Waals surface area contributed by atoms with Crippen molar-refractivity contribution < 1.29 is 14.3 Å². The summed E-state index contributed by atoms with van der Waals surface area (Å²) in [5.41, 5.74) is 4.33. The van der Waals surface area contributed by atoms with Gasteiger partial charge in [-0.2, -0.15) is 0 Å². The van der Waals surface area contributed by atoms with Gasteiger partial charge in [-0.05, 0) is 72.4 Å². The maximum absolute atomic E-state index is 11.7. The average molecular weight is 337 g/mol. The molecule has 0 aliphatic carbocycles. The fourth-order valence-electron chi connectivity index (χ4n) is 3.26. The second-order valence-electron chi connectivity index (χ2n) is 6.04. The van der Waals surface area contributed by atoms with E-state index in [2.05, 4.69) is 12.1 Å². The Balaban J connectivity index is 2.13. The third-order valence-electron chi connectivity index (χ3n) is 4.58. The van der Waals surface area contributed by atoms with Crippen molar-refractivity contribution in [2.45, 2.75) is 19.3 Å². The SMILES string of the molecule is COc1ccc(C2=C(c3ccc(OC)cc3)N(C=O)CCCC2)cc1. The van der Waals surface area contributed by atoms with E-state index in [1.807, 2.05) is 41.3 Å². The number of rotatable bonds is 5. The van der Waals surface area contributed by atoms with Crippen LogP contribution in [0.2, 0.25) is 0 Å². The topological polar surface area (TPSA) is 38.8 Å². The number of carbonyl (C=O) groups is 1. The Morgan fingerprint density at radius 3 is 1.92 bits per heavy atom. The first kappa shape index (κ1) is 17.1. The van der Waals surface area contributed by atoms with Gasteiger partial charge in [-0.3, -0.25) is 4.79 Å². The largest absolute Gasteiger partial charge is 0.497 e. The molecule has 4 heteroatoms. The van der Waals surface area contributed by atoms with E-state index in [1.165, 1.54) is 5.57 Å². The molecule has 1 aliphatic rings. The van der Waals surface area contributed by atoms with Crippen molar-refractivity contribution in [2.24, 2.45) is 0 Å². The van der Waals surface area contributed by atoms with E-state index in [9.17, 15) is 4.79 Å². The lowest BCUT2D eigenvalue weighted by Crippen LogP contribution is -2.21. The Bertz CT molecular complexity index is 748. The lowest BCUT2D eigenvalue weighted by Gasteiger charge is -2.23. The van der Waals surface area contributed by atoms with Crippen LogP contribution in [-0.4, -0.2) is 32.1 Å². The van der Waals surface area contributed by atoms with Gasteiger partial charge in [0.1, 0.15) is 11.5 Å². The van der Waals surface area contributed by atoms with E-state index < -0.39 is 0 Å². The lowest BCUT2D eigenvalue weighted by atomic mass is 9.95. The number of amides is 1. The number of nitrogens with zero attached hydrogens (tertiary/aromatic N) is 1. The Kier molecular flexibility index (Phi) is 5.39. The number of hydrogen-bond donors (Lipinski definition) is 0. The first-order valence-electron chi connectivity index (χ1n) is 8.50. The lowest BCUT2D eigenvalue weighted by molar-refractivity contribution is -0.115. The summed E-state index contributed by atoms with van der Waals surface area (Å²) < 4.78 is 10.5. The van der Waals surface area contributed by atoms with Crippen molar-refractivity contribution in [2.75, 3.05) is 20.8 Å². The van der Waals surface area contributed by atoms with Gasteiger partial charge in [0.25, 0.3) is 0 Å². The molecule has 2 aromatic rings. The Morgan fingerprint density at radius 1 is 0.840 bits per heavy atom. The van der Waals surface area contributed by atoms with Crippen molar-refractivity contribution in [3.63, 3.8) is 0 Å². The molecular weight excluding hydrogens is 314 g/mol. The Morgan fingerprint density at radius 2 is 1.40 bits per heavy atom. The molecule has 0 radical (unpaired) electrons. The van der Waals surface area contributed by atoms with Crippen molar-refractivity contribution in [1.29, 1.82) is 0 Å². The van der Waals surface area contributed by atoms with Gasteiger partial charge in [0, 0.05) is 6.54 Å². The fraction of sp³-hybridized carbons (Fsp3) is 0.286. The van der Waals surface area contributed by atoms with Gasteiger partial charge < -0.3 is 14.4 Å². The normalized spacial score (nSPS) is 14.9. The maximum Gasteiger partial charge on any atom is 0.214 e. The molecule has 1 amide bonds. The van der Waals surface area contributed by atoms with Gasteiger partial charge in [-0.15, -0.1) is 0 Å². The molecule has 0 fully saturated rings. The molecular formula is C21H23NO3. The minimum Gasteiger partial charge on any atom is -0.497 e. The van der Waals surface area contributed by atoms with Crippen molar-refractivity contribution in [1.82, 2.24) is 4.90 Å². The second-order valence-corrected chi connectivity index (χ2v) is 6.04. The molecule has 0 atom stereocenters.